The summed E-state index contributed by atoms with van der Waals surface area (Å²) in [7, 11) is 0. The summed E-state index contributed by atoms with van der Waals surface area (Å²) in [6.45, 7) is 8.59. The van der Waals surface area contributed by atoms with Gasteiger partial charge in [0.2, 0.25) is 0 Å². The van der Waals surface area contributed by atoms with E-state index in [-0.39, 0.29) is 5.91 Å². The van der Waals surface area contributed by atoms with Crippen LogP contribution in [0.25, 0.3) is 0 Å². The van der Waals surface area contributed by atoms with Gasteiger partial charge in [0.15, 0.2) is 0 Å². The molecule has 0 unspecified atom stereocenters. The Kier molecular flexibility index (Phi) is 3.76. The van der Waals surface area contributed by atoms with Crippen molar-refractivity contribution in [3.8, 4) is 0 Å². The third kappa shape index (κ3) is 2.31. The summed E-state index contributed by atoms with van der Waals surface area (Å²) in [6, 6.07) is 0. The van der Waals surface area contributed by atoms with Gasteiger partial charge in [-0.1, -0.05) is 6.58 Å². The fraction of sp³-hybridized carbons (Fsp3) is 0.571. The Labute approximate surface area is 56.2 Å². The van der Waals surface area contributed by atoms with Crippen LogP contribution < -0.4 is 0 Å². The van der Waals surface area contributed by atoms with Gasteiger partial charge in [-0.2, -0.15) is 0 Å². The van der Waals surface area contributed by atoms with Crippen molar-refractivity contribution in [3.05, 3.63) is 12.7 Å². The summed E-state index contributed by atoms with van der Waals surface area (Å²) in [5.74, 6) is -0.111. The Morgan fingerprint density at radius 2 is 2.00 bits per heavy atom. The molecule has 0 aliphatic carbocycles. The van der Waals surface area contributed by atoms with Crippen molar-refractivity contribution in [1.82, 2.24) is 4.90 Å². The van der Waals surface area contributed by atoms with E-state index in [1.807, 2.05) is 13.8 Å². The van der Waals surface area contributed by atoms with Crippen LogP contribution in [0.15, 0.2) is 6.58 Å². The number of nitrogens with zero attached hydrogens (tertiary/aromatic N) is 1. The van der Waals surface area contributed by atoms with E-state index < -0.39 is 0 Å². The smallest absolute Gasteiger partial charge is 0.254 e. The molecule has 0 fully saturated rings. The Morgan fingerprint density at radius 3 is 2.11 bits per heavy atom. The second-order valence-corrected chi connectivity index (χ2v) is 1.65. The minimum atomic E-state index is -0.111. The summed E-state index contributed by atoms with van der Waals surface area (Å²) in [6.07, 6.45) is 2.30. The topological polar surface area (TPSA) is 20.3 Å². The van der Waals surface area contributed by atoms with Crippen LogP contribution in [0.3, 0.4) is 0 Å². The SMILES string of the molecule is C=[C]C(=O)N(CC)CC. The molecule has 0 aliphatic rings. The third-order valence-electron chi connectivity index (χ3n) is 1.20. The molecule has 0 aromatic carbocycles. The second kappa shape index (κ2) is 4.13. The number of carbonyl (C=O) groups is 1. The van der Waals surface area contributed by atoms with E-state index >= 15 is 0 Å². The minimum Gasteiger partial charge on any atom is -0.339 e. The van der Waals surface area contributed by atoms with Crippen LogP contribution in [0.2, 0.25) is 0 Å². The van der Waals surface area contributed by atoms with E-state index in [9.17, 15) is 4.79 Å². The van der Waals surface area contributed by atoms with Crippen LogP contribution in [0.1, 0.15) is 13.8 Å². The molecular formula is C7H12NO. The number of carbonyl (C=O) groups excluding carboxylic acids is 1. The Bertz CT molecular complexity index is 105. The van der Waals surface area contributed by atoms with Crippen molar-refractivity contribution in [2.75, 3.05) is 13.1 Å². The quantitative estimate of drug-likeness (QED) is 0.513. The molecule has 0 aromatic heterocycles. The Balaban J connectivity index is 3.78. The summed E-state index contributed by atoms with van der Waals surface area (Å²) in [4.78, 5) is 12.4. The maximum atomic E-state index is 10.7. The molecule has 9 heavy (non-hydrogen) atoms. The predicted molar refractivity (Wildman–Crippen MR) is 36.8 cm³/mol. The molecule has 0 aliphatic heterocycles. The standard InChI is InChI=1S/C7H12NO/c1-4-7(9)8(5-2)6-3/h1,5-6H2,2-3H3. The second-order valence-electron chi connectivity index (χ2n) is 1.65. The summed E-state index contributed by atoms with van der Waals surface area (Å²) in [5.41, 5.74) is 0. The van der Waals surface area contributed by atoms with Gasteiger partial charge in [0.25, 0.3) is 5.91 Å². The van der Waals surface area contributed by atoms with Gasteiger partial charge in [-0.05, 0) is 13.8 Å². The summed E-state index contributed by atoms with van der Waals surface area (Å²) < 4.78 is 0. The molecule has 51 valence electrons. The first-order valence-corrected chi connectivity index (χ1v) is 3.08. The maximum absolute atomic E-state index is 10.7. The number of amides is 1. The maximum Gasteiger partial charge on any atom is 0.254 e. The van der Waals surface area contributed by atoms with Crippen molar-refractivity contribution < 1.29 is 4.79 Å². The van der Waals surface area contributed by atoms with Gasteiger partial charge >= 0.3 is 0 Å². The van der Waals surface area contributed by atoms with Crippen LogP contribution in [0, 0.1) is 6.08 Å². The van der Waals surface area contributed by atoms with Crippen LogP contribution in [0.5, 0.6) is 0 Å². The fourth-order valence-electron chi connectivity index (χ4n) is 0.623. The molecule has 0 heterocycles. The van der Waals surface area contributed by atoms with Crippen LogP contribution >= 0.6 is 0 Å². The number of hydrogen-bond donors (Lipinski definition) is 0. The fourth-order valence-corrected chi connectivity index (χ4v) is 0.623. The molecule has 1 amide bonds. The van der Waals surface area contributed by atoms with Crippen molar-refractivity contribution in [2.45, 2.75) is 13.8 Å². The molecule has 0 atom stereocenters. The highest BCUT2D eigenvalue weighted by Crippen LogP contribution is 1.86. The van der Waals surface area contributed by atoms with Crippen LogP contribution in [-0.4, -0.2) is 23.9 Å². The average molecular weight is 126 g/mol. The van der Waals surface area contributed by atoms with E-state index in [0.717, 1.165) is 13.1 Å². The highest BCUT2D eigenvalue weighted by atomic mass is 16.2. The number of rotatable bonds is 3. The van der Waals surface area contributed by atoms with Gasteiger partial charge in [-0.25, -0.2) is 0 Å². The lowest BCUT2D eigenvalue weighted by molar-refractivity contribution is -0.126. The zero-order valence-corrected chi connectivity index (χ0v) is 5.98. The lowest BCUT2D eigenvalue weighted by atomic mass is 10.4. The van der Waals surface area contributed by atoms with Gasteiger partial charge in [-0.15, -0.1) is 0 Å². The minimum absolute atomic E-state index is 0.111. The number of hydrogen-bond acceptors (Lipinski definition) is 1. The molecule has 0 aromatic rings. The molecule has 1 radical (unpaired) electrons. The monoisotopic (exact) mass is 126 g/mol. The zero-order chi connectivity index (χ0) is 7.28. The molecular weight excluding hydrogens is 114 g/mol. The van der Waals surface area contributed by atoms with E-state index in [4.69, 9.17) is 0 Å². The molecule has 0 N–H and O–H groups in total. The average Bonchev–Trinajstić information content (AvgIpc) is 1.90. The van der Waals surface area contributed by atoms with E-state index in [2.05, 4.69) is 12.7 Å². The van der Waals surface area contributed by atoms with Gasteiger partial charge in [0.05, 0.1) is 0 Å². The Hall–Kier alpha value is -0.790. The summed E-state index contributed by atoms with van der Waals surface area (Å²) >= 11 is 0. The van der Waals surface area contributed by atoms with Crippen molar-refractivity contribution in [2.24, 2.45) is 0 Å². The number of likely N-dealkylation sites (N-methyl/N-ethyl adjacent to an activating group) is 1. The van der Waals surface area contributed by atoms with Gasteiger partial charge in [0.1, 0.15) is 0 Å². The first-order chi connectivity index (χ1) is 4.26. The Morgan fingerprint density at radius 1 is 1.56 bits per heavy atom. The van der Waals surface area contributed by atoms with Crippen molar-refractivity contribution in [3.63, 3.8) is 0 Å². The molecule has 0 rings (SSSR count). The lowest BCUT2D eigenvalue weighted by Gasteiger charge is -2.14. The molecule has 0 saturated carbocycles. The normalized spacial score (nSPS) is 8.67. The van der Waals surface area contributed by atoms with Crippen molar-refractivity contribution >= 4 is 5.91 Å². The highest BCUT2D eigenvalue weighted by Gasteiger charge is 2.02. The van der Waals surface area contributed by atoms with E-state index in [0.29, 0.717) is 0 Å². The van der Waals surface area contributed by atoms with Crippen LogP contribution in [-0.2, 0) is 4.79 Å². The first-order valence-electron chi connectivity index (χ1n) is 3.08. The molecule has 0 bridgehead atoms. The predicted octanol–water partition coefficient (Wildman–Crippen LogP) is 0.844. The van der Waals surface area contributed by atoms with Gasteiger partial charge in [0, 0.05) is 19.2 Å². The summed E-state index contributed by atoms with van der Waals surface area (Å²) in [5, 5.41) is 0. The molecule has 0 saturated heterocycles. The molecule has 0 spiro atoms. The van der Waals surface area contributed by atoms with Gasteiger partial charge in [-0.3, -0.25) is 4.79 Å². The molecule has 2 nitrogen and oxygen atoms in total. The van der Waals surface area contributed by atoms with Gasteiger partial charge < -0.3 is 4.90 Å². The van der Waals surface area contributed by atoms with E-state index in [1.54, 1.807) is 4.90 Å². The lowest BCUT2D eigenvalue weighted by Crippen LogP contribution is -2.28. The van der Waals surface area contributed by atoms with E-state index in [1.165, 1.54) is 0 Å². The first kappa shape index (κ1) is 8.21. The highest BCUT2D eigenvalue weighted by molar-refractivity contribution is 5.82. The zero-order valence-electron chi connectivity index (χ0n) is 5.98. The largest absolute Gasteiger partial charge is 0.339 e. The third-order valence-corrected chi connectivity index (χ3v) is 1.20. The molecule has 2 heteroatoms. The van der Waals surface area contributed by atoms with Crippen LogP contribution in [0.4, 0.5) is 0 Å². The van der Waals surface area contributed by atoms with Crippen molar-refractivity contribution in [1.29, 1.82) is 0 Å².